The Kier molecular flexibility index (Phi) is 5.20. The van der Waals surface area contributed by atoms with Gasteiger partial charge in [-0.1, -0.05) is 20.8 Å². The molecule has 0 aliphatic rings. The van der Waals surface area contributed by atoms with Crippen LogP contribution in [0.3, 0.4) is 0 Å². The summed E-state index contributed by atoms with van der Waals surface area (Å²) in [6, 6.07) is 0. The lowest BCUT2D eigenvalue weighted by Crippen LogP contribution is -2.36. The van der Waals surface area contributed by atoms with Crippen LogP contribution in [-0.2, 0) is 14.3 Å². The second-order valence-electron chi connectivity index (χ2n) is 3.80. The molecule has 0 radical (unpaired) electrons. The molecule has 0 spiro atoms. The molecule has 0 heterocycles. The molecule has 0 saturated carbocycles. The first-order valence-electron chi connectivity index (χ1n) is 4.73. The molecule has 14 heavy (non-hydrogen) atoms. The molecule has 1 atom stereocenters. The number of nitrogens with zero attached hydrogens (tertiary/aromatic N) is 1. The molecule has 0 aromatic carbocycles. The van der Waals surface area contributed by atoms with Gasteiger partial charge in [-0.05, 0) is 0 Å². The number of amides is 1. The smallest absolute Gasteiger partial charge is 0.310 e. The maximum Gasteiger partial charge on any atom is 0.310 e. The topological polar surface area (TPSA) is 46.6 Å². The van der Waals surface area contributed by atoms with Crippen LogP contribution in [0.5, 0.6) is 0 Å². The molecule has 0 rings (SSSR count). The fraction of sp³-hybridized carbons (Fsp3) is 0.800. The van der Waals surface area contributed by atoms with E-state index in [0.29, 0.717) is 6.54 Å². The summed E-state index contributed by atoms with van der Waals surface area (Å²) in [7, 11) is 3.05. The molecule has 0 aliphatic carbocycles. The van der Waals surface area contributed by atoms with Crippen molar-refractivity contribution in [2.24, 2.45) is 11.8 Å². The first kappa shape index (κ1) is 12.9. The minimum atomic E-state index is -0.284. The zero-order valence-corrected chi connectivity index (χ0v) is 9.53. The van der Waals surface area contributed by atoms with Crippen LogP contribution in [0.4, 0.5) is 0 Å². The molecule has 0 N–H and O–H groups in total. The average Bonchev–Trinajstić information content (AvgIpc) is 2.14. The fourth-order valence-corrected chi connectivity index (χ4v) is 1.22. The summed E-state index contributed by atoms with van der Waals surface area (Å²) < 4.78 is 4.58. The predicted molar refractivity (Wildman–Crippen MR) is 53.7 cm³/mol. The van der Waals surface area contributed by atoms with Crippen molar-refractivity contribution in [1.82, 2.24) is 4.90 Å². The lowest BCUT2D eigenvalue weighted by atomic mass is 10.1. The van der Waals surface area contributed by atoms with Crippen molar-refractivity contribution in [2.45, 2.75) is 20.8 Å². The van der Waals surface area contributed by atoms with Gasteiger partial charge in [0.15, 0.2) is 0 Å². The number of ether oxygens (including phenoxy) is 1. The highest BCUT2D eigenvalue weighted by molar-refractivity contribution is 5.79. The molecule has 0 bridgehead atoms. The van der Waals surface area contributed by atoms with Gasteiger partial charge in [-0.15, -0.1) is 0 Å². The number of carbonyl (C=O) groups is 2. The van der Waals surface area contributed by atoms with E-state index in [2.05, 4.69) is 4.74 Å². The van der Waals surface area contributed by atoms with Crippen LogP contribution in [-0.4, -0.2) is 37.5 Å². The van der Waals surface area contributed by atoms with Crippen LogP contribution in [0.1, 0.15) is 20.8 Å². The molecule has 0 saturated heterocycles. The van der Waals surface area contributed by atoms with E-state index in [0.717, 1.165) is 0 Å². The van der Waals surface area contributed by atoms with E-state index >= 15 is 0 Å². The van der Waals surface area contributed by atoms with Gasteiger partial charge in [0, 0.05) is 19.5 Å². The standard InChI is InChI=1S/C10H19NO3/c1-7(2)9(12)11(4)6-8(3)10(13)14-5/h7-8H,6H2,1-5H3. The van der Waals surface area contributed by atoms with Gasteiger partial charge in [0.1, 0.15) is 0 Å². The zero-order chi connectivity index (χ0) is 11.3. The number of hydrogen-bond acceptors (Lipinski definition) is 3. The van der Waals surface area contributed by atoms with Crippen LogP contribution in [0.25, 0.3) is 0 Å². The zero-order valence-electron chi connectivity index (χ0n) is 9.53. The summed E-state index contributed by atoms with van der Waals surface area (Å²) in [6.07, 6.45) is 0. The van der Waals surface area contributed by atoms with Crippen LogP contribution in [0.2, 0.25) is 0 Å². The highest BCUT2D eigenvalue weighted by Gasteiger charge is 2.19. The lowest BCUT2D eigenvalue weighted by Gasteiger charge is -2.21. The maximum atomic E-state index is 11.5. The Morgan fingerprint density at radius 3 is 2.14 bits per heavy atom. The summed E-state index contributed by atoms with van der Waals surface area (Å²) >= 11 is 0. The highest BCUT2D eigenvalue weighted by Crippen LogP contribution is 2.04. The Morgan fingerprint density at radius 1 is 1.29 bits per heavy atom. The minimum absolute atomic E-state index is 0.0372. The monoisotopic (exact) mass is 201 g/mol. The average molecular weight is 201 g/mol. The first-order valence-corrected chi connectivity index (χ1v) is 4.73. The van der Waals surface area contributed by atoms with Gasteiger partial charge in [-0.2, -0.15) is 0 Å². The molecular formula is C10H19NO3. The number of carbonyl (C=O) groups excluding carboxylic acids is 2. The molecule has 0 fully saturated rings. The Morgan fingerprint density at radius 2 is 1.79 bits per heavy atom. The summed E-state index contributed by atoms with van der Waals surface area (Å²) in [5, 5.41) is 0. The van der Waals surface area contributed by atoms with Crippen molar-refractivity contribution in [3.63, 3.8) is 0 Å². The fourth-order valence-electron chi connectivity index (χ4n) is 1.22. The normalized spacial score (nSPS) is 12.4. The number of methoxy groups -OCH3 is 1. The molecule has 1 unspecified atom stereocenters. The van der Waals surface area contributed by atoms with Gasteiger partial charge in [0.05, 0.1) is 13.0 Å². The number of rotatable bonds is 4. The van der Waals surface area contributed by atoms with Crippen LogP contribution in [0, 0.1) is 11.8 Å². The third kappa shape index (κ3) is 3.77. The lowest BCUT2D eigenvalue weighted by molar-refractivity contribution is -0.146. The SMILES string of the molecule is COC(=O)C(C)CN(C)C(=O)C(C)C. The summed E-state index contributed by atoms with van der Waals surface area (Å²) in [6.45, 7) is 5.82. The van der Waals surface area contributed by atoms with Crippen molar-refractivity contribution in [2.75, 3.05) is 20.7 Å². The molecule has 4 nitrogen and oxygen atoms in total. The Bertz CT molecular complexity index is 213. The van der Waals surface area contributed by atoms with Crippen LogP contribution in [0.15, 0.2) is 0 Å². The van der Waals surface area contributed by atoms with Crippen molar-refractivity contribution >= 4 is 11.9 Å². The third-order valence-electron chi connectivity index (χ3n) is 2.02. The van der Waals surface area contributed by atoms with E-state index in [1.54, 1.807) is 18.9 Å². The van der Waals surface area contributed by atoms with E-state index in [1.807, 2.05) is 13.8 Å². The van der Waals surface area contributed by atoms with E-state index < -0.39 is 0 Å². The third-order valence-corrected chi connectivity index (χ3v) is 2.02. The predicted octanol–water partition coefficient (Wildman–Crippen LogP) is 0.910. The van der Waals surface area contributed by atoms with Gasteiger partial charge in [0.2, 0.25) is 5.91 Å². The maximum absolute atomic E-state index is 11.5. The van der Waals surface area contributed by atoms with Gasteiger partial charge >= 0.3 is 5.97 Å². The first-order chi connectivity index (χ1) is 6.40. The molecular weight excluding hydrogens is 182 g/mol. The van der Waals surface area contributed by atoms with Crippen molar-refractivity contribution in [3.05, 3.63) is 0 Å². The number of hydrogen-bond donors (Lipinski definition) is 0. The van der Waals surface area contributed by atoms with Gasteiger partial charge in [0.25, 0.3) is 0 Å². The van der Waals surface area contributed by atoms with Crippen LogP contribution < -0.4 is 0 Å². The largest absolute Gasteiger partial charge is 0.469 e. The number of esters is 1. The molecule has 0 aromatic rings. The molecule has 1 amide bonds. The van der Waals surface area contributed by atoms with Crippen molar-refractivity contribution in [1.29, 1.82) is 0 Å². The Balaban J connectivity index is 4.12. The Labute approximate surface area is 85.2 Å². The second-order valence-corrected chi connectivity index (χ2v) is 3.80. The van der Waals surface area contributed by atoms with Gasteiger partial charge in [-0.3, -0.25) is 9.59 Å². The summed E-state index contributed by atoms with van der Waals surface area (Å²) in [5.74, 6) is -0.549. The second kappa shape index (κ2) is 5.62. The molecule has 0 aromatic heterocycles. The van der Waals surface area contributed by atoms with Gasteiger partial charge in [-0.25, -0.2) is 0 Å². The minimum Gasteiger partial charge on any atom is -0.469 e. The summed E-state index contributed by atoms with van der Waals surface area (Å²) in [4.78, 5) is 24.1. The van der Waals surface area contributed by atoms with E-state index in [1.165, 1.54) is 7.11 Å². The quantitative estimate of drug-likeness (QED) is 0.635. The summed E-state index contributed by atoms with van der Waals surface area (Å²) in [5.41, 5.74) is 0. The molecule has 0 aliphatic heterocycles. The van der Waals surface area contributed by atoms with Crippen molar-refractivity contribution < 1.29 is 14.3 Å². The van der Waals surface area contributed by atoms with E-state index in [9.17, 15) is 9.59 Å². The van der Waals surface area contributed by atoms with E-state index in [-0.39, 0.29) is 23.7 Å². The molecule has 4 heteroatoms. The highest BCUT2D eigenvalue weighted by atomic mass is 16.5. The van der Waals surface area contributed by atoms with Crippen LogP contribution >= 0.6 is 0 Å². The van der Waals surface area contributed by atoms with E-state index in [4.69, 9.17) is 0 Å². The Hall–Kier alpha value is -1.06. The van der Waals surface area contributed by atoms with Gasteiger partial charge < -0.3 is 9.64 Å². The van der Waals surface area contributed by atoms with Crippen molar-refractivity contribution in [3.8, 4) is 0 Å². The molecule has 82 valence electrons.